The summed E-state index contributed by atoms with van der Waals surface area (Å²) in [7, 11) is 0. The zero-order chi connectivity index (χ0) is 18.9. The van der Waals surface area contributed by atoms with E-state index < -0.39 is 17.0 Å². The van der Waals surface area contributed by atoms with Gasteiger partial charge in [0.25, 0.3) is 0 Å². The van der Waals surface area contributed by atoms with Crippen molar-refractivity contribution in [3.8, 4) is 11.3 Å². The third kappa shape index (κ3) is 1.93. The summed E-state index contributed by atoms with van der Waals surface area (Å²) in [6, 6.07) is 8.73. The Hall–Kier alpha value is -2.23. The number of aromatic nitrogens is 2. The van der Waals surface area contributed by atoms with Crippen LogP contribution in [0.15, 0.2) is 36.5 Å². The molecule has 0 spiro atoms. The van der Waals surface area contributed by atoms with E-state index in [4.69, 9.17) is 0 Å². The largest absolute Gasteiger partial charge is 0.243 e. The van der Waals surface area contributed by atoms with Crippen molar-refractivity contribution in [2.75, 3.05) is 0 Å². The minimum atomic E-state index is -0.507. The van der Waals surface area contributed by atoms with E-state index in [0.29, 0.717) is 5.56 Å². The molecule has 0 saturated heterocycles. The topological polar surface area (TPSA) is 8.29 Å². The highest BCUT2D eigenvalue weighted by molar-refractivity contribution is 5.70. The Morgan fingerprint density at radius 1 is 1.04 bits per heavy atom. The molecule has 2 aromatic heterocycles. The standard InChI is InChI=1S/C22H25F2N2/c1-6-21(4)17-11-15(23)12-18(24)20(17)19-13-16-10-14(3)8-9-25(16)26(19)22(21,5)7-2/h8-13H,6-7H2,1-5H3/q+1. The lowest BCUT2D eigenvalue weighted by Crippen LogP contribution is -2.69. The molecule has 0 bridgehead atoms. The van der Waals surface area contributed by atoms with Gasteiger partial charge in [0.15, 0.2) is 5.54 Å². The summed E-state index contributed by atoms with van der Waals surface area (Å²) in [4.78, 5) is 0. The van der Waals surface area contributed by atoms with Gasteiger partial charge in [-0.15, -0.1) is 4.52 Å². The van der Waals surface area contributed by atoms with Gasteiger partial charge in [-0.2, -0.15) is 0 Å². The predicted molar refractivity (Wildman–Crippen MR) is 99.3 cm³/mol. The van der Waals surface area contributed by atoms with E-state index in [1.807, 2.05) is 12.3 Å². The molecule has 2 unspecified atom stereocenters. The van der Waals surface area contributed by atoms with Gasteiger partial charge < -0.3 is 0 Å². The van der Waals surface area contributed by atoms with E-state index in [-0.39, 0.29) is 5.54 Å². The lowest BCUT2D eigenvalue weighted by molar-refractivity contribution is -0.820. The van der Waals surface area contributed by atoms with Crippen molar-refractivity contribution in [2.24, 2.45) is 0 Å². The molecule has 1 aromatic carbocycles. The Balaban J connectivity index is 2.23. The molecule has 2 atom stereocenters. The van der Waals surface area contributed by atoms with E-state index >= 15 is 0 Å². The van der Waals surface area contributed by atoms with Crippen LogP contribution < -0.4 is 4.68 Å². The minimum absolute atomic E-state index is 0.314. The minimum Gasteiger partial charge on any atom is -0.207 e. The molecule has 4 rings (SSSR count). The van der Waals surface area contributed by atoms with Crippen LogP contribution in [-0.4, -0.2) is 4.52 Å². The third-order valence-electron chi connectivity index (χ3n) is 6.80. The first-order valence-corrected chi connectivity index (χ1v) is 9.31. The van der Waals surface area contributed by atoms with Gasteiger partial charge in [0.05, 0.1) is 17.2 Å². The van der Waals surface area contributed by atoms with Crippen LogP contribution in [0.5, 0.6) is 0 Å². The van der Waals surface area contributed by atoms with Gasteiger partial charge in [-0.05, 0) is 49.6 Å². The molecule has 3 aromatic rings. The van der Waals surface area contributed by atoms with E-state index in [1.165, 1.54) is 6.07 Å². The quantitative estimate of drug-likeness (QED) is 0.552. The number of fused-ring (bicyclic) bond motifs is 5. The molecule has 1 aliphatic rings. The molecule has 0 amide bonds. The Morgan fingerprint density at radius 2 is 1.77 bits per heavy atom. The van der Waals surface area contributed by atoms with Crippen LogP contribution in [0.4, 0.5) is 8.78 Å². The maximum absolute atomic E-state index is 15.0. The van der Waals surface area contributed by atoms with Gasteiger partial charge >= 0.3 is 0 Å². The SMILES string of the molecule is CCC1(C)c2cc(F)cc(F)c2-c2cc3cc(C)ccn3[n+]2C1(C)CC. The monoisotopic (exact) mass is 355 g/mol. The summed E-state index contributed by atoms with van der Waals surface area (Å²) in [5.74, 6) is -0.994. The van der Waals surface area contributed by atoms with Gasteiger partial charge in [-0.1, -0.05) is 18.5 Å². The molecular formula is C22H25F2N2+. The number of pyridine rings is 1. The molecule has 26 heavy (non-hydrogen) atoms. The van der Waals surface area contributed by atoms with Crippen molar-refractivity contribution < 1.29 is 13.5 Å². The molecule has 0 fully saturated rings. The Kier molecular flexibility index (Phi) is 3.56. The maximum Gasteiger partial charge on any atom is 0.243 e. The summed E-state index contributed by atoms with van der Waals surface area (Å²) in [5.41, 5.74) is 3.60. The highest BCUT2D eigenvalue weighted by Crippen LogP contribution is 2.50. The number of benzene rings is 1. The van der Waals surface area contributed by atoms with Gasteiger partial charge in [-0.3, -0.25) is 0 Å². The van der Waals surface area contributed by atoms with Gasteiger partial charge in [0.1, 0.15) is 17.2 Å². The van der Waals surface area contributed by atoms with Crippen LogP contribution >= 0.6 is 0 Å². The molecule has 4 heteroatoms. The second-order valence-corrected chi connectivity index (χ2v) is 7.94. The fraction of sp³-hybridized carbons (Fsp3) is 0.409. The Bertz CT molecular complexity index is 1040. The third-order valence-corrected chi connectivity index (χ3v) is 6.80. The molecule has 0 saturated carbocycles. The van der Waals surface area contributed by atoms with E-state index in [2.05, 4.69) is 55.9 Å². The van der Waals surface area contributed by atoms with Crippen LogP contribution in [-0.2, 0) is 11.0 Å². The van der Waals surface area contributed by atoms with Crippen molar-refractivity contribution >= 4 is 5.52 Å². The second-order valence-electron chi connectivity index (χ2n) is 7.94. The fourth-order valence-electron chi connectivity index (χ4n) is 4.81. The normalized spacial score (nSPS) is 24.6. The molecule has 0 N–H and O–H groups in total. The molecule has 2 nitrogen and oxygen atoms in total. The van der Waals surface area contributed by atoms with Crippen LogP contribution in [0.25, 0.3) is 16.8 Å². The first-order valence-electron chi connectivity index (χ1n) is 9.31. The number of rotatable bonds is 2. The lowest BCUT2D eigenvalue weighted by atomic mass is 9.61. The van der Waals surface area contributed by atoms with Crippen LogP contribution in [0.3, 0.4) is 0 Å². The first kappa shape index (κ1) is 17.2. The summed E-state index contributed by atoms with van der Waals surface area (Å²) in [5, 5.41) is 0. The number of hydrogen-bond acceptors (Lipinski definition) is 0. The summed E-state index contributed by atoms with van der Waals surface area (Å²) in [6.45, 7) is 10.6. The van der Waals surface area contributed by atoms with Crippen molar-refractivity contribution in [1.82, 2.24) is 4.52 Å². The summed E-state index contributed by atoms with van der Waals surface area (Å²) in [6.07, 6.45) is 3.69. The van der Waals surface area contributed by atoms with Crippen molar-refractivity contribution in [3.05, 3.63) is 59.3 Å². The molecule has 0 radical (unpaired) electrons. The molecule has 3 heterocycles. The van der Waals surface area contributed by atoms with Gasteiger partial charge in [0.2, 0.25) is 5.69 Å². The molecule has 136 valence electrons. The van der Waals surface area contributed by atoms with E-state index in [0.717, 1.165) is 41.2 Å². The maximum atomic E-state index is 15.0. The zero-order valence-corrected chi connectivity index (χ0v) is 16.0. The molecule has 1 aliphatic heterocycles. The highest BCUT2D eigenvalue weighted by atomic mass is 19.1. The van der Waals surface area contributed by atoms with E-state index in [9.17, 15) is 8.78 Å². The number of aryl methyl sites for hydroxylation is 1. The molecular weight excluding hydrogens is 330 g/mol. The van der Waals surface area contributed by atoms with Gasteiger partial charge in [0, 0.05) is 25.5 Å². The van der Waals surface area contributed by atoms with E-state index in [1.54, 1.807) is 0 Å². The average molecular weight is 355 g/mol. The average Bonchev–Trinajstić information content (AvgIpc) is 2.97. The Labute approximate surface area is 153 Å². The summed E-state index contributed by atoms with van der Waals surface area (Å²) < 4.78 is 33.5. The number of hydrogen-bond donors (Lipinski definition) is 0. The number of halogens is 2. The summed E-state index contributed by atoms with van der Waals surface area (Å²) >= 11 is 0. The smallest absolute Gasteiger partial charge is 0.207 e. The predicted octanol–water partition coefficient (Wildman–Crippen LogP) is 5.29. The van der Waals surface area contributed by atoms with Crippen molar-refractivity contribution in [3.63, 3.8) is 0 Å². The second kappa shape index (κ2) is 5.38. The van der Waals surface area contributed by atoms with Crippen LogP contribution in [0.2, 0.25) is 0 Å². The molecule has 0 aliphatic carbocycles. The fourth-order valence-corrected chi connectivity index (χ4v) is 4.81. The van der Waals surface area contributed by atoms with Crippen molar-refractivity contribution in [1.29, 1.82) is 0 Å². The van der Waals surface area contributed by atoms with Crippen LogP contribution in [0.1, 0.15) is 51.7 Å². The van der Waals surface area contributed by atoms with Crippen LogP contribution in [0, 0.1) is 18.6 Å². The zero-order valence-electron chi connectivity index (χ0n) is 16.0. The van der Waals surface area contributed by atoms with Gasteiger partial charge in [-0.25, -0.2) is 8.78 Å². The van der Waals surface area contributed by atoms with Crippen molar-refractivity contribution in [2.45, 2.75) is 58.4 Å². The first-order chi connectivity index (χ1) is 12.3. The Morgan fingerprint density at radius 3 is 2.42 bits per heavy atom. The lowest BCUT2D eigenvalue weighted by Gasteiger charge is -2.44. The highest BCUT2D eigenvalue weighted by Gasteiger charge is 2.59. The number of nitrogens with zero attached hydrogens (tertiary/aromatic N) is 2.